The molecule has 1 aliphatic heterocycles. The molecule has 8 aromatic carbocycles. The van der Waals surface area contributed by atoms with Gasteiger partial charge in [0, 0.05) is 33.2 Å². The number of nitrogens with zero attached hydrogens (tertiary/aromatic N) is 2. The standard InChI is InChI=1S/C49H30N2O3S/c52-55(53)47-25-13-9-21-39(47)36-19-7-6-17-34(36)33-16-4-5-18-35(33)37-27-26-31(49-50-43-22-10-11-23-44(43)51(49)32-14-2-1-3-15-32)28-40(37)42-29-46-41(30-48(42)55)38-20-8-12-24-45(38)54-46/h1-30H. The first kappa shape index (κ1) is 31.5. The maximum atomic E-state index is 15.5. The molecule has 0 bridgehead atoms. The SMILES string of the molecule is O=S1(=O)c2ccccc2-c2ccccc2-c2ccccc2-c2ccc(-c3nc4ccccc4n3-c3ccccc3)cc2-c2cc3oc4ccccc4c3cc21. The number of furan rings is 1. The van der Waals surface area contributed by atoms with Gasteiger partial charge in [-0.2, -0.15) is 0 Å². The highest BCUT2D eigenvalue weighted by molar-refractivity contribution is 7.91. The summed E-state index contributed by atoms with van der Waals surface area (Å²) in [7, 11) is -4.14. The maximum absolute atomic E-state index is 15.5. The van der Waals surface area contributed by atoms with Crippen LogP contribution in [-0.4, -0.2) is 18.0 Å². The van der Waals surface area contributed by atoms with Crippen LogP contribution in [-0.2, 0) is 9.84 Å². The van der Waals surface area contributed by atoms with E-state index in [0.29, 0.717) is 22.3 Å². The molecule has 11 rings (SSSR count). The smallest absolute Gasteiger partial charge is 0.207 e. The maximum Gasteiger partial charge on any atom is 0.207 e. The average Bonchev–Trinajstić information content (AvgIpc) is 3.81. The Labute approximate surface area is 317 Å². The van der Waals surface area contributed by atoms with Gasteiger partial charge in [0.05, 0.1) is 20.8 Å². The van der Waals surface area contributed by atoms with Gasteiger partial charge >= 0.3 is 0 Å². The van der Waals surface area contributed by atoms with Crippen molar-refractivity contribution in [2.75, 3.05) is 0 Å². The van der Waals surface area contributed by atoms with Gasteiger partial charge in [-0.05, 0) is 88.0 Å². The summed E-state index contributed by atoms with van der Waals surface area (Å²) in [5.41, 5.74) is 11.6. The van der Waals surface area contributed by atoms with Crippen molar-refractivity contribution in [3.8, 4) is 61.6 Å². The second kappa shape index (κ2) is 12.0. The monoisotopic (exact) mass is 726 g/mol. The van der Waals surface area contributed by atoms with Gasteiger partial charge in [-0.25, -0.2) is 13.4 Å². The third kappa shape index (κ3) is 4.78. The van der Waals surface area contributed by atoms with Crippen molar-refractivity contribution < 1.29 is 12.8 Å². The summed E-state index contributed by atoms with van der Waals surface area (Å²) in [5.74, 6) is 0.753. The Morgan fingerprint density at radius 1 is 0.436 bits per heavy atom. The van der Waals surface area contributed by atoms with Gasteiger partial charge in [0.2, 0.25) is 9.84 Å². The van der Waals surface area contributed by atoms with Gasteiger partial charge in [0.15, 0.2) is 0 Å². The predicted molar refractivity (Wildman–Crippen MR) is 221 cm³/mol. The minimum absolute atomic E-state index is 0.214. The summed E-state index contributed by atoms with van der Waals surface area (Å²) >= 11 is 0. The lowest BCUT2D eigenvalue weighted by Gasteiger charge is -2.18. The minimum atomic E-state index is -4.14. The van der Waals surface area contributed by atoms with Crippen molar-refractivity contribution in [1.82, 2.24) is 9.55 Å². The topological polar surface area (TPSA) is 65.1 Å². The van der Waals surface area contributed by atoms with Crippen LogP contribution in [0.3, 0.4) is 0 Å². The van der Waals surface area contributed by atoms with Gasteiger partial charge in [-0.15, -0.1) is 0 Å². The molecule has 0 spiro atoms. The van der Waals surface area contributed by atoms with Crippen LogP contribution in [0.4, 0.5) is 0 Å². The number of para-hydroxylation sites is 4. The molecule has 6 heteroatoms. The highest BCUT2D eigenvalue weighted by Crippen LogP contribution is 2.49. The molecule has 0 unspecified atom stereocenters. The van der Waals surface area contributed by atoms with E-state index in [0.717, 1.165) is 72.3 Å². The summed E-state index contributed by atoms with van der Waals surface area (Å²) in [6.45, 7) is 0. The van der Waals surface area contributed by atoms with Crippen LogP contribution in [0, 0.1) is 0 Å². The number of aromatic nitrogens is 2. The number of hydrogen-bond donors (Lipinski definition) is 0. The van der Waals surface area contributed by atoms with Crippen LogP contribution in [0.15, 0.2) is 196 Å². The first-order valence-electron chi connectivity index (χ1n) is 18.2. The van der Waals surface area contributed by atoms with E-state index < -0.39 is 9.84 Å². The molecule has 0 aliphatic carbocycles. The van der Waals surface area contributed by atoms with Crippen LogP contribution in [0.25, 0.3) is 94.6 Å². The molecule has 3 heterocycles. The number of benzene rings is 8. The third-order valence-corrected chi connectivity index (χ3v) is 12.7. The van der Waals surface area contributed by atoms with E-state index in [1.54, 1.807) is 12.1 Å². The molecule has 260 valence electrons. The predicted octanol–water partition coefficient (Wildman–Crippen LogP) is 12.4. The Kier molecular flexibility index (Phi) is 6.87. The average molecular weight is 727 g/mol. The van der Waals surface area contributed by atoms with Crippen molar-refractivity contribution in [2.24, 2.45) is 0 Å². The van der Waals surface area contributed by atoms with Gasteiger partial charge in [0.25, 0.3) is 0 Å². The molecule has 0 fully saturated rings. The fourth-order valence-electron chi connectivity index (χ4n) is 8.33. The number of rotatable bonds is 2. The fourth-order valence-corrected chi connectivity index (χ4v) is 10.0. The van der Waals surface area contributed by atoms with Crippen molar-refractivity contribution in [3.05, 3.63) is 182 Å². The zero-order valence-corrected chi connectivity index (χ0v) is 30.2. The van der Waals surface area contributed by atoms with Gasteiger partial charge < -0.3 is 4.42 Å². The fraction of sp³-hybridized carbons (Fsp3) is 0. The molecule has 0 N–H and O–H groups in total. The normalized spacial score (nSPS) is 13.0. The van der Waals surface area contributed by atoms with Crippen LogP contribution in [0.5, 0.6) is 0 Å². The first-order valence-corrected chi connectivity index (χ1v) is 19.7. The quantitative estimate of drug-likeness (QED) is 0.178. The molecule has 2 aromatic heterocycles. The van der Waals surface area contributed by atoms with E-state index in [9.17, 15) is 0 Å². The molecule has 55 heavy (non-hydrogen) atoms. The zero-order chi connectivity index (χ0) is 36.7. The number of sulfone groups is 1. The Bertz CT molecular complexity index is 3290. The lowest BCUT2D eigenvalue weighted by Crippen LogP contribution is -2.06. The highest BCUT2D eigenvalue weighted by Gasteiger charge is 2.31. The van der Waals surface area contributed by atoms with E-state index >= 15 is 8.42 Å². The number of fused-ring (bicyclic) bond motifs is 13. The van der Waals surface area contributed by atoms with Crippen LogP contribution in [0.1, 0.15) is 0 Å². The molecule has 0 atom stereocenters. The lowest BCUT2D eigenvalue weighted by atomic mass is 9.86. The van der Waals surface area contributed by atoms with E-state index in [-0.39, 0.29) is 9.79 Å². The molecule has 1 aliphatic rings. The molecule has 0 saturated carbocycles. The molecule has 0 saturated heterocycles. The lowest BCUT2D eigenvalue weighted by molar-refractivity contribution is 0.596. The first-order chi connectivity index (χ1) is 27.0. The molecule has 5 nitrogen and oxygen atoms in total. The third-order valence-electron chi connectivity index (χ3n) is 10.8. The van der Waals surface area contributed by atoms with Gasteiger partial charge in [-0.3, -0.25) is 4.57 Å². The van der Waals surface area contributed by atoms with E-state index in [2.05, 4.69) is 59.2 Å². The zero-order valence-electron chi connectivity index (χ0n) is 29.3. The molecule has 0 radical (unpaired) electrons. The number of hydrogen-bond acceptors (Lipinski definition) is 4. The summed E-state index contributed by atoms with van der Waals surface area (Å²) in [6, 6.07) is 59.9. The van der Waals surface area contributed by atoms with Gasteiger partial charge in [-0.1, -0.05) is 127 Å². The highest BCUT2D eigenvalue weighted by atomic mass is 32.2. The van der Waals surface area contributed by atoms with E-state index in [1.165, 1.54) is 0 Å². The Balaban J connectivity index is 1.31. The summed E-state index contributed by atoms with van der Waals surface area (Å²) in [4.78, 5) is 5.65. The van der Waals surface area contributed by atoms with Crippen molar-refractivity contribution in [1.29, 1.82) is 0 Å². The molecule has 0 amide bonds. The van der Waals surface area contributed by atoms with E-state index in [1.807, 2.05) is 115 Å². The van der Waals surface area contributed by atoms with Crippen molar-refractivity contribution in [2.45, 2.75) is 9.79 Å². The molecule has 10 aromatic rings. The Hall–Kier alpha value is -7.02. The van der Waals surface area contributed by atoms with Crippen LogP contribution >= 0.6 is 0 Å². The van der Waals surface area contributed by atoms with Crippen molar-refractivity contribution in [3.63, 3.8) is 0 Å². The van der Waals surface area contributed by atoms with Crippen LogP contribution in [0.2, 0.25) is 0 Å². The van der Waals surface area contributed by atoms with Gasteiger partial charge in [0.1, 0.15) is 17.0 Å². The molecular formula is C49H30N2O3S. The van der Waals surface area contributed by atoms with Crippen LogP contribution < -0.4 is 0 Å². The Morgan fingerprint density at radius 3 is 1.80 bits per heavy atom. The molecular weight excluding hydrogens is 697 g/mol. The van der Waals surface area contributed by atoms with Crippen molar-refractivity contribution >= 4 is 42.8 Å². The summed E-state index contributed by atoms with van der Waals surface area (Å²) in [5, 5.41) is 1.61. The second-order valence-electron chi connectivity index (χ2n) is 13.9. The Morgan fingerprint density at radius 2 is 1.04 bits per heavy atom. The minimum Gasteiger partial charge on any atom is -0.456 e. The summed E-state index contributed by atoms with van der Waals surface area (Å²) < 4.78 is 39.6. The second-order valence-corrected chi connectivity index (χ2v) is 15.8. The number of imidazole rings is 1. The largest absolute Gasteiger partial charge is 0.456 e. The summed E-state index contributed by atoms with van der Waals surface area (Å²) in [6.07, 6.45) is 0. The van der Waals surface area contributed by atoms with E-state index in [4.69, 9.17) is 9.40 Å².